The van der Waals surface area contributed by atoms with Crippen molar-refractivity contribution >= 4 is 11.6 Å². The number of aromatic nitrogens is 2. The molecule has 1 atom stereocenters. The van der Waals surface area contributed by atoms with Gasteiger partial charge in [-0.15, -0.1) is 0 Å². The largest absolute Gasteiger partial charge is 0.416 e. The Morgan fingerprint density at radius 1 is 1.04 bits per heavy atom. The monoisotopic (exact) mass is 391 g/mol. The van der Waals surface area contributed by atoms with Crippen molar-refractivity contribution < 1.29 is 26.9 Å². The van der Waals surface area contributed by atoms with Gasteiger partial charge >= 0.3 is 6.18 Å². The Hall–Kier alpha value is -3.23. The first kappa shape index (κ1) is 18.1. The van der Waals surface area contributed by atoms with E-state index < -0.39 is 17.6 Å². The van der Waals surface area contributed by atoms with Crippen LogP contribution in [-0.2, 0) is 11.0 Å². The van der Waals surface area contributed by atoms with Crippen LogP contribution >= 0.6 is 0 Å². The first-order valence-electron chi connectivity index (χ1n) is 8.38. The molecule has 0 radical (unpaired) electrons. The summed E-state index contributed by atoms with van der Waals surface area (Å²) >= 11 is 0. The summed E-state index contributed by atoms with van der Waals surface area (Å²) < 4.78 is 56.3. The van der Waals surface area contributed by atoms with Crippen molar-refractivity contribution in [3.63, 3.8) is 0 Å². The number of halogens is 4. The first-order chi connectivity index (χ1) is 13.3. The molecule has 3 aromatic rings. The molecule has 0 aliphatic carbocycles. The van der Waals surface area contributed by atoms with Crippen LogP contribution in [0.15, 0.2) is 53.1 Å². The van der Waals surface area contributed by atoms with Gasteiger partial charge in [0.05, 0.1) is 11.5 Å². The van der Waals surface area contributed by atoms with E-state index in [0.29, 0.717) is 17.8 Å². The van der Waals surface area contributed by atoms with E-state index in [2.05, 4.69) is 10.1 Å². The van der Waals surface area contributed by atoms with Crippen molar-refractivity contribution in [2.45, 2.75) is 18.5 Å². The Balaban J connectivity index is 1.52. The van der Waals surface area contributed by atoms with E-state index >= 15 is 0 Å². The lowest BCUT2D eigenvalue weighted by atomic mass is 10.1. The average Bonchev–Trinajstić information content (AvgIpc) is 3.29. The second-order valence-electron chi connectivity index (χ2n) is 6.41. The SMILES string of the molecule is O=C1CC(c2nc(-c3ccc(C(F)(F)F)cc3)no2)CN1c1ccc(F)cc1. The summed E-state index contributed by atoms with van der Waals surface area (Å²) in [7, 11) is 0. The minimum absolute atomic E-state index is 0.145. The molecule has 144 valence electrons. The summed E-state index contributed by atoms with van der Waals surface area (Å²) in [5.74, 6) is -0.534. The first-order valence-corrected chi connectivity index (χ1v) is 8.38. The Labute approximate surface area is 156 Å². The van der Waals surface area contributed by atoms with E-state index in [1.165, 1.54) is 41.3 Å². The number of alkyl halides is 3. The maximum Gasteiger partial charge on any atom is 0.416 e. The maximum atomic E-state index is 13.1. The van der Waals surface area contributed by atoms with Gasteiger partial charge in [-0.1, -0.05) is 17.3 Å². The van der Waals surface area contributed by atoms with Crippen LogP contribution in [0.1, 0.15) is 23.8 Å². The third kappa shape index (κ3) is 3.47. The smallest absolute Gasteiger partial charge is 0.339 e. The second kappa shape index (κ2) is 6.74. The molecule has 1 fully saturated rings. The zero-order valence-electron chi connectivity index (χ0n) is 14.3. The van der Waals surface area contributed by atoms with Gasteiger partial charge in [-0.3, -0.25) is 4.79 Å². The van der Waals surface area contributed by atoms with Gasteiger partial charge in [-0.2, -0.15) is 18.2 Å². The van der Waals surface area contributed by atoms with Crippen molar-refractivity contribution in [1.29, 1.82) is 0 Å². The summed E-state index contributed by atoms with van der Waals surface area (Å²) in [5.41, 5.74) is 0.176. The maximum absolute atomic E-state index is 13.1. The third-order valence-electron chi connectivity index (χ3n) is 4.52. The quantitative estimate of drug-likeness (QED) is 0.621. The van der Waals surface area contributed by atoms with Gasteiger partial charge in [-0.25, -0.2) is 4.39 Å². The fourth-order valence-corrected chi connectivity index (χ4v) is 3.07. The van der Waals surface area contributed by atoms with Gasteiger partial charge < -0.3 is 9.42 Å². The number of hydrogen-bond donors (Lipinski definition) is 0. The van der Waals surface area contributed by atoms with Crippen LogP contribution in [0.25, 0.3) is 11.4 Å². The van der Waals surface area contributed by atoms with Crippen molar-refractivity contribution in [3.8, 4) is 11.4 Å². The zero-order chi connectivity index (χ0) is 19.9. The molecule has 0 bridgehead atoms. The lowest BCUT2D eigenvalue weighted by Gasteiger charge is -2.15. The number of amides is 1. The van der Waals surface area contributed by atoms with Gasteiger partial charge in [0, 0.05) is 24.2 Å². The molecule has 0 spiro atoms. The van der Waals surface area contributed by atoms with Crippen LogP contribution in [-0.4, -0.2) is 22.6 Å². The molecular weight excluding hydrogens is 378 g/mol. The van der Waals surface area contributed by atoms with Crippen molar-refractivity contribution in [1.82, 2.24) is 10.1 Å². The predicted molar refractivity (Wildman–Crippen MR) is 90.8 cm³/mol. The fourth-order valence-electron chi connectivity index (χ4n) is 3.07. The van der Waals surface area contributed by atoms with E-state index in [-0.39, 0.29) is 30.0 Å². The Bertz CT molecular complexity index is 997. The van der Waals surface area contributed by atoms with Crippen LogP contribution in [0.5, 0.6) is 0 Å². The molecule has 28 heavy (non-hydrogen) atoms. The van der Waals surface area contributed by atoms with Gasteiger partial charge in [0.2, 0.25) is 17.6 Å². The Morgan fingerprint density at radius 2 is 1.71 bits per heavy atom. The van der Waals surface area contributed by atoms with E-state index in [1.54, 1.807) is 0 Å². The zero-order valence-corrected chi connectivity index (χ0v) is 14.3. The second-order valence-corrected chi connectivity index (χ2v) is 6.41. The number of hydrogen-bond acceptors (Lipinski definition) is 4. The minimum Gasteiger partial charge on any atom is -0.339 e. The standard InChI is InChI=1S/C19H13F4N3O2/c20-14-5-7-15(8-6-14)26-10-12(9-16(26)27)18-24-17(25-28-18)11-1-3-13(4-2-11)19(21,22)23/h1-8,12H,9-10H2. The molecule has 4 rings (SSSR count). The molecule has 1 aliphatic heterocycles. The van der Waals surface area contributed by atoms with Gasteiger partial charge in [0.25, 0.3) is 0 Å². The lowest BCUT2D eigenvalue weighted by Crippen LogP contribution is -2.24. The molecule has 9 heteroatoms. The lowest BCUT2D eigenvalue weighted by molar-refractivity contribution is -0.137. The number of rotatable bonds is 3. The van der Waals surface area contributed by atoms with Crippen LogP contribution < -0.4 is 4.90 Å². The van der Waals surface area contributed by atoms with Crippen LogP contribution in [0.2, 0.25) is 0 Å². The summed E-state index contributed by atoms with van der Waals surface area (Å²) in [6.07, 6.45) is -4.28. The van der Waals surface area contributed by atoms with Gasteiger partial charge in [-0.05, 0) is 36.4 Å². The molecule has 1 aromatic heterocycles. The molecule has 1 aliphatic rings. The average molecular weight is 391 g/mol. The number of nitrogens with zero attached hydrogens (tertiary/aromatic N) is 3. The highest BCUT2D eigenvalue weighted by molar-refractivity contribution is 5.96. The third-order valence-corrected chi connectivity index (χ3v) is 4.52. The molecule has 1 saturated heterocycles. The number of carbonyl (C=O) groups excluding carboxylic acids is 1. The molecule has 1 amide bonds. The normalized spacial score (nSPS) is 17.4. The predicted octanol–water partition coefficient (Wildman–Crippen LogP) is 4.42. The summed E-state index contributed by atoms with van der Waals surface area (Å²) in [5, 5.41) is 3.81. The summed E-state index contributed by atoms with van der Waals surface area (Å²) in [6.45, 7) is 0.291. The minimum atomic E-state index is -4.42. The van der Waals surface area contributed by atoms with E-state index in [1.807, 2.05) is 0 Å². The molecule has 0 saturated carbocycles. The van der Waals surface area contributed by atoms with Crippen molar-refractivity contribution in [3.05, 3.63) is 65.8 Å². The van der Waals surface area contributed by atoms with Gasteiger partial charge in [0.1, 0.15) is 5.82 Å². The molecule has 2 aromatic carbocycles. The molecule has 2 heterocycles. The summed E-state index contributed by atoms with van der Waals surface area (Å²) in [4.78, 5) is 18.0. The van der Waals surface area contributed by atoms with Gasteiger partial charge in [0.15, 0.2) is 0 Å². The highest BCUT2D eigenvalue weighted by Crippen LogP contribution is 2.33. The topological polar surface area (TPSA) is 59.2 Å². The van der Waals surface area contributed by atoms with Crippen molar-refractivity contribution in [2.24, 2.45) is 0 Å². The molecule has 1 unspecified atom stereocenters. The summed E-state index contributed by atoms with van der Waals surface area (Å²) in [6, 6.07) is 9.98. The Kier molecular flexibility index (Phi) is 4.37. The van der Waals surface area contributed by atoms with E-state index in [4.69, 9.17) is 4.52 Å². The molecule has 0 N–H and O–H groups in total. The van der Waals surface area contributed by atoms with Crippen LogP contribution in [0.4, 0.5) is 23.2 Å². The number of anilines is 1. The molecular formula is C19H13F4N3O2. The van der Waals surface area contributed by atoms with Crippen LogP contribution in [0, 0.1) is 5.82 Å². The molecule has 5 nitrogen and oxygen atoms in total. The van der Waals surface area contributed by atoms with E-state index in [0.717, 1.165) is 12.1 Å². The number of carbonyl (C=O) groups is 1. The highest BCUT2D eigenvalue weighted by Gasteiger charge is 2.35. The number of benzene rings is 2. The fraction of sp³-hybridized carbons (Fsp3) is 0.211. The van der Waals surface area contributed by atoms with Crippen LogP contribution in [0.3, 0.4) is 0 Å². The highest BCUT2D eigenvalue weighted by atomic mass is 19.4. The Morgan fingerprint density at radius 3 is 2.36 bits per heavy atom. The van der Waals surface area contributed by atoms with Crippen molar-refractivity contribution in [2.75, 3.05) is 11.4 Å². The van der Waals surface area contributed by atoms with E-state index in [9.17, 15) is 22.4 Å².